The second-order valence-electron chi connectivity index (χ2n) is 8.49. The predicted octanol–water partition coefficient (Wildman–Crippen LogP) is 4.37. The number of nitrogens with one attached hydrogen (secondary N) is 2. The van der Waals surface area contributed by atoms with Crippen molar-refractivity contribution in [1.82, 2.24) is 15.6 Å². The highest BCUT2D eigenvalue weighted by molar-refractivity contribution is 14.0. The van der Waals surface area contributed by atoms with Gasteiger partial charge in [-0.2, -0.15) is 0 Å². The summed E-state index contributed by atoms with van der Waals surface area (Å²) in [4.78, 5) is 11.7. The van der Waals surface area contributed by atoms with Crippen LogP contribution in [0.2, 0.25) is 5.02 Å². The van der Waals surface area contributed by atoms with E-state index in [1.807, 2.05) is 24.4 Å². The van der Waals surface area contributed by atoms with Crippen LogP contribution in [0.15, 0.2) is 47.6 Å². The lowest BCUT2D eigenvalue weighted by Gasteiger charge is -2.32. The molecule has 1 saturated heterocycles. The van der Waals surface area contributed by atoms with Gasteiger partial charge >= 0.3 is 0 Å². The Morgan fingerprint density at radius 2 is 2.12 bits per heavy atom. The Morgan fingerprint density at radius 3 is 2.84 bits per heavy atom. The fraction of sp³-hybridized carbons (Fsp3) is 0.500. The van der Waals surface area contributed by atoms with Gasteiger partial charge in [-0.3, -0.25) is 0 Å². The lowest BCUT2D eigenvalue weighted by atomic mass is 9.96. The Labute approximate surface area is 213 Å². The number of anilines is 1. The number of halogens is 2. The minimum absolute atomic E-state index is 0. The van der Waals surface area contributed by atoms with Gasteiger partial charge in [-0.25, -0.2) is 9.98 Å². The fourth-order valence-corrected chi connectivity index (χ4v) is 4.25. The maximum atomic E-state index is 6.21. The van der Waals surface area contributed by atoms with Crippen molar-refractivity contribution in [3.8, 4) is 0 Å². The molecule has 1 saturated carbocycles. The molecule has 32 heavy (non-hydrogen) atoms. The SMILES string of the molecule is CCNC(=NCc1ccnc(N2CCOC(C)C2)c1)NCC1(c2cccc(Cl)c2)CC1.I. The normalized spacial score (nSPS) is 19.8. The average Bonchev–Trinajstić information content (AvgIpc) is 3.57. The third-order valence-corrected chi connectivity index (χ3v) is 6.26. The highest BCUT2D eigenvalue weighted by Crippen LogP contribution is 2.48. The van der Waals surface area contributed by atoms with E-state index in [2.05, 4.69) is 52.6 Å². The van der Waals surface area contributed by atoms with Gasteiger partial charge < -0.3 is 20.3 Å². The predicted molar refractivity (Wildman–Crippen MR) is 142 cm³/mol. The molecular weight excluding hydrogens is 537 g/mol. The Morgan fingerprint density at radius 1 is 1.28 bits per heavy atom. The molecule has 8 heteroatoms. The van der Waals surface area contributed by atoms with Gasteiger partial charge in [0.2, 0.25) is 0 Å². The number of rotatable bonds is 7. The first kappa shape index (κ1) is 25.1. The number of guanidine groups is 1. The van der Waals surface area contributed by atoms with Crippen molar-refractivity contribution in [3.05, 3.63) is 58.7 Å². The van der Waals surface area contributed by atoms with E-state index in [0.29, 0.717) is 6.54 Å². The molecule has 1 unspecified atom stereocenters. The Balaban J connectivity index is 0.00000289. The van der Waals surface area contributed by atoms with Crippen molar-refractivity contribution in [2.45, 2.75) is 44.8 Å². The second-order valence-corrected chi connectivity index (χ2v) is 8.93. The van der Waals surface area contributed by atoms with Crippen molar-refractivity contribution in [2.75, 3.05) is 37.7 Å². The van der Waals surface area contributed by atoms with Gasteiger partial charge in [0.25, 0.3) is 0 Å². The summed E-state index contributed by atoms with van der Waals surface area (Å²) >= 11 is 6.21. The summed E-state index contributed by atoms with van der Waals surface area (Å²) in [6.07, 6.45) is 4.45. The standard InChI is InChI=1S/C24H32ClN5O.HI/c1-3-26-23(29-17-24(8-9-24)20-5-4-6-21(25)14-20)28-15-19-7-10-27-22(13-19)30-11-12-31-18(2)16-30;/h4-7,10,13-14,18H,3,8-9,11-12,15-17H2,1-2H3,(H2,26,28,29);1H. The van der Waals surface area contributed by atoms with E-state index in [1.165, 1.54) is 18.4 Å². The first-order chi connectivity index (χ1) is 15.1. The van der Waals surface area contributed by atoms with Gasteiger partial charge in [0.1, 0.15) is 5.82 Å². The van der Waals surface area contributed by atoms with Gasteiger partial charge in [-0.1, -0.05) is 23.7 Å². The van der Waals surface area contributed by atoms with Gasteiger partial charge in [-0.15, -0.1) is 24.0 Å². The van der Waals surface area contributed by atoms with Crippen LogP contribution < -0.4 is 15.5 Å². The van der Waals surface area contributed by atoms with Gasteiger partial charge in [-0.05, 0) is 62.1 Å². The molecular formula is C24H33ClIN5O. The molecule has 0 radical (unpaired) electrons. The molecule has 2 heterocycles. The first-order valence-corrected chi connectivity index (χ1v) is 11.6. The molecule has 1 atom stereocenters. The summed E-state index contributed by atoms with van der Waals surface area (Å²) in [7, 11) is 0. The van der Waals surface area contributed by atoms with Gasteiger partial charge in [0.05, 0.1) is 19.3 Å². The summed E-state index contributed by atoms with van der Waals surface area (Å²) in [6, 6.07) is 12.4. The molecule has 0 spiro atoms. The molecule has 4 rings (SSSR count). The quantitative estimate of drug-likeness (QED) is 0.295. The van der Waals surface area contributed by atoms with Crippen LogP contribution in [0.5, 0.6) is 0 Å². The van der Waals surface area contributed by atoms with Crippen molar-refractivity contribution < 1.29 is 4.74 Å². The van der Waals surface area contributed by atoms with Crippen LogP contribution in [0.3, 0.4) is 0 Å². The van der Waals surface area contributed by atoms with Crippen LogP contribution in [0.4, 0.5) is 5.82 Å². The third kappa shape index (κ3) is 6.48. The fourth-order valence-electron chi connectivity index (χ4n) is 4.06. The number of nitrogens with zero attached hydrogens (tertiary/aromatic N) is 3. The van der Waals surface area contributed by atoms with E-state index in [4.69, 9.17) is 21.3 Å². The first-order valence-electron chi connectivity index (χ1n) is 11.2. The minimum Gasteiger partial charge on any atom is -0.375 e. The molecule has 6 nitrogen and oxygen atoms in total. The number of ether oxygens (including phenoxy) is 1. The van der Waals surface area contributed by atoms with Crippen molar-refractivity contribution in [1.29, 1.82) is 0 Å². The highest BCUT2D eigenvalue weighted by Gasteiger charge is 2.44. The Hall–Kier alpha value is -1.58. The number of aliphatic imine (C=N–C) groups is 1. The van der Waals surface area contributed by atoms with E-state index in [0.717, 1.165) is 55.1 Å². The lowest BCUT2D eigenvalue weighted by Crippen LogP contribution is -2.41. The van der Waals surface area contributed by atoms with E-state index in [-0.39, 0.29) is 35.5 Å². The van der Waals surface area contributed by atoms with Crippen LogP contribution in [0, 0.1) is 0 Å². The van der Waals surface area contributed by atoms with Crippen molar-refractivity contribution >= 4 is 47.4 Å². The maximum absolute atomic E-state index is 6.21. The van der Waals surface area contributed by atoms with Crippen molar-refractivity contribution in [2.24, 2.45) is 4.99 Å². The summed E-state index contributed by atoms with van der Waals surface area (Å²) in [6.45, 7) is 8.96. The molecule has 174 valence electrons. The second kappa shape index (κ2) is 11.5. The van der Waals surface area contributed by atoms with Crippen LogP contribution in [0.25, 0.3) is 0 Å². The van der Waals surface area contributed by atoms with Crippen molar-refractivity contribution in [3.63, 3.8) is 0 Å². The largest absolute Gasteiger partial charge is 0.375 e. The van der Waals surface area contributed by atoms with E-state index >= 15 is 0 Å². The third-order valence-electron chi connectivity index (χ3n) is 6.02. The summed E-state index contributed by atoms with van der Waals surface area (Å²) in [5.74, 6) is 1.84. The molecule has 2 aliphatic rings. The smallest absolute Gasteiger partial charge is 0.191 e. The van der Waals surface area contributed by atoms with Crippen LogP contribution in [-0.4, -0.2) is 49.8 Å². The van der Waals surface area contributed by atoms with E-state index in [1.54, 1.807) is 0 Å². The molecule has 2 fully saturated rings. The number of benzene rings is 1. The molecule has 1 aromatic carbocycles. The molecule has 1 aliphatic heterocycles. The number of hydrogen-bond donors (Lipinski definition) is 2. The zero-order chi connectivity index (χ0) is 21.7. The summed E-state index contributed by atoms with van der Waals surface area (Å²) < 4.78 is 5.65. The van der Waals surface area contributed by atoms with Gasteiger partial charge in [0.15, 0.2) is 5.96 Å². The van der Waals surface area contributed by atoms with Gasteiger partial charge in [0, 0.05) is 42.8 Å². The molecule has 0 amide bonds. The maximum Gasteiger partial charge on any atom is 0.191 e. The Kier molecular flexibility index (Phi) is 9.02. The summed E-state index contributed by atoms with van der Waals surface area (Å²) in [5.41, 5.74) is 2.62. The minimum atomic E-state index is 0. The lowest BCUT2D eigenvalue weighted by molar-refractivity contribution is 0.0529. The summed E-state index contributed by atoms with van der Waals surface area (Å²) in [5, 5.41) is 7.72. The monoisotopic (exact) mass is 569 g/mol. The Bertz CT molecular complexity index is 921. The van der Waals surface area contributed by atoms with E-state index < -0.39 is 0 Å². The highest BCUT2D eigenvalue weighted by atomic mass is 127. The number of hydrogen-bond acceptors (Lipinski definition) is 4. The number of pyridine rings is 1. The zero-order valence-corrected chi connectivity index (χ0v) is 21.9. The van der Waals surface area contributed by atoms with E-state index in [9.17, 15) is 0 Å². The number of aromatic nitrogens is 1. The molecule has 1 aliphatic carbocycles. The molecule has 0 bridgehead atoms. The van der Waals surface area contributed by atoms with Crippen LogP contribution >= 0.6 is 35.6 Å². The molecule has 2 N–H and O–H groups in total. The van der Waals surface area contributed by atoms with Crippen LogP contribution in [0.1, 0.15) is 37.8 Å². The molecule has 2 aromatic rings. The average molecular weight is 570 g/mol. The topological polar surface area (TPSA) is 61.8 Å². The zero-order valence-electron chi connectivity index (χ0n) is 18.8. The van der Waals surface area contributed by atoms with Crippen LogP contribution in [-0.2, 0) is 16.7 Å². The molecule has 1 aromatic heterocycles. The number of morpholine rings is 1.